The lowest BCUT2D eigenvalue weighted by atomic mass is 10.0. The van der Waals surface area contributed by atoms with E-state index in [4.69, 9.17) is 16.3 Å². The van der Waals surface area contributed by atoms with E-state index in [0.29, 0.717) is 0 Å². The van der Waals surface area contributed by atoms with Crippen molar-refractivity contribution in [3.05, 3.63) is 52.5 Å². The zero-order valence-electron chi connectivity index (χ0n) is 12.2. The van der Waals surface area contributed by atoms with Crippen LogP contribution in [0.4, 0.5) is 0 Å². The second-order valence-corrected chi connectivity index (χ2v) is 5.18. The molecule has 106 valence electrons. The van der Waals surface area contributed by atoms with Gasteiger partial charge in [-0.25, -0.2) is 0 Å². The van der Waals surface area contributed by atoms with Crippen molar-refractivity contribution in [2.24, 2.45) is 0 Å². The highest BCUT2D eigenvalue weighted by molar-refractivity contribution is 6.31. The Morgan fingerprint density at radius 3 is 2.45 bits per heavy atom. The van der Waals surface area contributed by atoms with Crippen molar-refractivity contribution in [2.45, 2.75) is 20.4 Å². The van der Waals surface area contributed by atoms with E-state index in [2.05, 4.69) is 43.4 Å². The third kappa shape index (κ3) is 3.33. The fourth-order valence-electron chi connectivity index (χ4n) is 2.21. The molecular formula is C17H20ClNO. The lowest BCUT2D eigenvalue weighted by Crippen LogP contribution is -2.12. The lowest BCUT2D eigenvalue weighted by molar-refractivity contribution is 0.412. The van der Waals surface area contributed by atoms with Gasteiger partial charge in [0.15, 0.2) is 0 Å². The number of methoxy groups -OCH3 is 1. The fraction of sp³-hybridized carbons (Fsp3) is 0.294. The summed E-state index contributed by atoms with van der Waals surface area (Å²) in [5.41, 5.74) is 4.61. The molecule has 0 atom stereocenters. The lowest BCUT2D eigenvalue weighted by Gasteiger charge is -2.10. The number of halogens is 1. The van der Waals surface area contributed by atoms with Gasteiger partial charge in [0, 0.05) is 11.6 Å². The van der Waals surface area contributed by atoms with E-state index in [1.807, 2.05) is 12.1 Å². The van der Waals surface area contributed by atoms with Gasteiger partial charge in [-0.2, -0.15) is 0 Å². The van der Waals surface area contributed by atoms with Gasteiger partial charge in [-0.15, -0.1) is 0 Å². The summed E-state index contributed by atoms with van der Waals surface area (Å²) in [4.78, 5) is 0. The van der Waals surface area contributed by atoms with E-state index < -0.39 is 0 Å². The molecular weight excluding hydrogens is 270 g/mol. The summed E-state index contributed by atoms with van der Waals surface area (Å²) in [6, 6.07) is 12.4. The Labute approximate surface area is 125 Å². The molecule has 2 rings (SSSR count). The number of rotatable bonds is 5. The molecule has 0 spiro atoms. The van der Waals surface area contributed by atoms with Gasteiger partial charge >= 0.3 is 0 Å². The molecule has 0 aliphatic heterocycles. The van der Waals surface area contributed by atoms with Crippen LogP contribution in [-0.4, -0.2) is 13.7 Å². The highest BCUT2D eigenvalue weighted by atomic mass is 35.5. The number of nitrogens with one attached hydrogen (secondary N) is 1. The Balaban J connectivity index is 2.35. The van der Waals surface area contributed by atoms with Crippen molar-refractivity contribution < 1.29 is 4.74 Å². The van der Waals surface area contributed by atoms with Gasteiger partial charge in [-0.05, 0) is 60.0 Å². The highest BCUT2D eigenvalue weighted by Gasteiger charge is 2.06. The molecule has 0 aliphatic rings. The van der Waals surface area contributed by atoms with Crippen LogP contribution in [-0.2, 0) is 6.54 Å². The molecule has 2 aromatic rings. The first-order valence-corrected chi connectivity index (χ1v) is 7.17. The van der Waals surface area contributed by atoms with Gasteiger partial charge in [0.05, 0.1) is 7.11 Å². The zero-order valence-corrected chi connectivity index (χ0v) is 12.9. The Morgan fingerprint density at radius 2 is 1.80 bits per heavy atom. The zero-order chi connectivity index (χ0) is 14.5. The minimum Gasteiger partial charge on any atom is -0.496 e. The van der Waals surface area contributed by atoms with Gasteiger partial charge < -0.3 is 10.1 Å². The summed E-state index contributed by atoms with van der Waals surface area (Å²) in [5, 5.41) is 4.11. The normalized spacial score (nSPS) is 10.6. The molecule has 0 saturated heterocycles. The number of hydrogen-bond donors (Lipinski definition) is 1. The van der Waals surface area contributed by atoms with Crippen LogP contribution in [0.15, 0.2) is 36.4 Å². The van der Waals surface area contributed by atoms with Crippen LogP contribution in [0.2, 0.25) is 5.02 Å². The maximum atomic E-state index is 6.24. The Kier molecular flexibility index (Phi) is 5.05. The standard InChI is InChI=1S/C17H20ClNO/c1-4-19-11-15-10-14(5-7-16(15)18)13-6-8-17(20-3)12(2)9-13/h5-10,19H,4,11H2,1-3H3. The van der Waals surface area contributed by atoms with Crippen LogP contribution >= 0.6 is 11.6 Å². The molecule has 2 aromatic carbocycles. The number of benzene rings is 2. The average Bonchev–Trinajstić information content (AvgIpc) is 2.46. The predicted molar refractivity (Wildman–Crippen MR) is 85.6 cm³/mol. The summed E-state index contributed by atoms with van der Waals surface area (Å²) in [6.45, 7) is 5.86. The molecule has 0 fully saturated rings. The average molecular weight is 290 g/mol. The quantitative estimate of drug-likeness (QED) is 0.879. The predicted octanol–water partition coefficient (Wildman–Crippen LogP) is 4.43. The summed E-state index contributed by atoms with van der Waals surface area (Å²) >= 11 is 6.24. The second-order valence-electron chi connectivity index (χ2n) is 4.77. The molecule has 20 heavy (non-hydrogen) atoms. The molecule has 1 N–H and O–H groups in total. The molecule has 0 heterocycles. The van der Waals surface area contributed by atoms with E-state index >= 15 is 0 Å². The minimum atomic E-state index is 0.790. The minimum absolute atomic E-state index is 0.790. The van der Waals surface area contributed by atoms with Crippen LogP contribution in [0.5, 0.6) is 5.75 Å². The summed E-state index contributed by atoms with van der Waals surface area (Å²) < 4.78 is 5.30. The molecule has 0 unspecified atom stereocenters. The Bertz CT molecular complexity index is 596. The molecule has 0 aromatic heterocycles. The second kappa shape index (κ2) is 6.78. The van der Waals surface area contributed by atoms with E-state index in [1.165, 1.54) is 11.1 Å². The third-order valence-electron chi connectivity index (χ3n) is 3.34. The van der Waals surface area contributed by atoms with Crippen molar-refractivity contribution in [2.75, 3.05) is 13.7 Å². The first-order valence-electron chi connectivity index (χ1n) is 6.80. The largest absolute Gasteiger partial charge is 0.496 e. The van der Waals surface area contributed by atoms with Crippen LogP contribution < -0.4 is 10.1 Å². The van der Waals surface area contributed by atoms with Gasteiger partial charge in [-0.1, -0.05) is 30.7 Å². The number of aryl methyl sites for hydroxylation is 1. The molecule has 0 amide bonds. The number of ether oxygens (including phenoxy) is 1. The van der Waals surface area contributed by atoms with Gasteiger partial charge in [0.1, 0.15) is 5.75 Å². The maximum absolute atomic E-state index is 6.24. The monoisotopic (exact) mass is 289 g/mol. The third-order valence-corrected chi connectivity index (χ3v) is 3.71. The van der Waals surface area contributed by atoms with Crippen LogP contribution in [0, 0.1) is 6.92 Å². The smallest absolute Gasteiger partial charge is 0.121 e. The Hall–Kier alpha value is -1.51. The van der Waals surface area contributed by atoms with Gasteiger partial charge in [0.25, 0.3) is 0 Å². The van der Waals surface area contributed by atoms with Crippen molar-refractivity contribution >= 4 is 11.6 Å². The van der Waals surface area contributed by atoms with Crippen molar-refractivity contribution in [3.63, 3.8) is 0 Å². The molecule has 3 heteroatoms. The van der Waals surface area contributed by atoms with Crippen molar-refractivity contribution in [3.8, 4) is 16.9 Å². The van der Waals surface area contributed by atoms with Crippen LogP contribution in [0.1, 0.15) is 18.1 Å². The van der Waals surface area contributed by atoms with Gasteiger partial charge in [0.2, 0.25) is 0 Å². The molecule has 0 radical (unpaired) electrons. The summed E-state index contributed by atoms with van der Waals surface area (Å²) in [7, 11) is 1.69. The van der Waals surface area contributed by atoms with Crippen LogP contribution in [0.25, 0.3) is 11.1 Å². The fourth-order valence-corrected chi connectivity index (χ4v) is 2.39. The Morgan fingerprint density at radius 1 is 1.10 bits per heavy atom. The van der Waals surface area contributed by atoms with Crippen molar-refractivity contribution in [1.82, 2.24) is 5.32 Å². The van der Waals surface area contributed by atoms with Crippen LogP contribution in [0.3, 0.4) is 0 Å². The molecule has 0 bridgehead atoms. The van der Waals surface area contributed by atoms with E-state index in [1.54, 1.807) is 7.11 Å². The van der Waals surface area contributed by atoms with E-state index in [-0.39, 0.29) is 0 Å². The summed E-state index contributed by atoms with van der Waals surface area (Å²) in [6.07, 6.45) is 0. The molecule has 0 aliphatic carbocycles. The topological polar surface area (TPSA) is 21.3 Å². The first-order chi connectivity index (χ1) is 9.65. The van der Waals surface area contributed by atoms with Gasteiger partial charge in [-0.3, -0.25) is 0 Å². The van der Waals surface area contributed by atoms with Crippen molar-refractivity contribution in [1.29, 1.82) is 0 Å². The summed E-state index contributed by atoms with van der Waals surface area (Å²) in [5.74, 6) is 0.913. The molecule has 0 saturated carbocycles. The highest BCUT2D eigenvalue weighted by Crippen LogP contribution is 2.28. The van der Waals surface area contributed by atoms with E-state index in [9.17, 15) is 0 Å². The molecule has 2 nitrogen and oxygen atoms in total. The first kappa shape index (κ1) is 14.9. The van der Waals surface area contributed by atoms with E-state index in [0.717, 1.165) is 35.0 Å². The number of hydrogen-bond acceptors (Lipinski definition) is 2. The SMILES string of the molecule is CCNCc1cc(-c2ccc(OC)c(C)c2)ccc1Cl. The maximum Gasteiger partial charge on any atom is 0.121 e.